The number of rotatable bonds is 9. The summed E-state index contributed by atoms with van der Waals surface area (Å²) >= 11 is 0. The van der Waals surface area contributed by atoms with E-state index in [1.165, 1.54) is 4.90 Å². The lowest BCUT2D eigenvalue weighted by molar-refractivity contribution is -0.127. The van der Waals surface area contributed by atoms with Crippen LogP contribution in [0.25, 0.3) is 0 Å². The predicted octanol–water partition coefficient (Wildman–Crippen LogP) is 3.57. The molecule has 40 heavy (non-hydrogen) atoms. The van der Waals surface area contributed by atoms with Crippen molar-refractivity contribution in [1.82, 2.24) is 4.90 Å². The first-order valence-electron chi connectivity index (χ1n) is 12.5. The van der Waals surface area contributed by atoms with E-state index in [4.69, 9.17) is 9.73 Å². The maximum atomic E-state index is 13.2. The van der Waals surface area contributed by atoms with Gasteiger partial charge in [0.25, 0.3) is 0 Å². The third kappa shape index (κ3) is 6.20. The number of hydrogen-bond donors (Lipinski definition) is 1. The minimum Gasteiger partial charge on any atom is -0.462 e. The van der Waals surface area contributed by atoms with Crippen LogP contribution in [0.4, 0.5) is 17.1 Å². The zero-order chi connectivity index (χ0) is 29.0. The van der Waals surface area contributed by atoms with Crippen molar-refractivity contribution in [3.05, 3.63) is 89.5 Å². The van der Waals surface area contributed by atoms with Crippen molar-refractivity contribution < 1.29 is 27.5 Å². The summed E-state index contributed by atoms with van der Waals surface area (Å²) in [5.41, 5.74) is 3.52. The molecule has 2 amide bonds. The molecule has 1 heterocycles. The standard InChI is InChI=1S/C29H30N4O6S/c1-5-39-29(36)20-11-16-23-24(17-20)31-28(35)26(23)27(19-9-7-6-8-10-19)30-21-12-14-22(15-13-21)33(40(4,37)38)18-25(34)32(2)3/h6-17,26H,5,18H2,1-4H3,(H,31,35). The van der Waals surface area contributed by atoms with Crippen LogP contribution in [0.3, 0.4) is 0 Å². The third-order valence-electron chi connectivity index (χ3n) is 6.30. The summed E-state index contributed by atoms with van der Waals surface area (Å²) in [5, 5.41) is 2.85. The van der Waals surface area contributed by atoms with Crippen LogP contribution in [-0.2, 0) is 24.3 Å². The molecule has 1 N–H and O–H groups in total. The zero-order valence-corrected chi connectivity index (χ0v) is 23.4. The molecule has 208 valence electrons. The minimum absolute atomic E-state index is 0.239. The van der Waals surface area contributed by atoms with E-state index in [9.17, 15) is 22.8 Å². The number of likely N-dealkylation sites (N-methyl/N-ethyl adjacent to an activating group) is 1. The number of esters is 1. The molecule has 1 aliphatic heterocycles. The molecule has 1 aliphatic rings. The number of anilines is 2. The number of carbonyl (C=O) groups is 3. The summed E-state index contributed by atoms with van der Waals surface area (Å²) < 4.78 is 31.0. The van der Waals surface area contributed by atoms with Crippen molar-refractivity contribution >= 4 is 50.6 Å². The van der Waals surface area contributed by atoms with Crippen LogP contribution in [0, 0.1) is 0 Å². The van der Waals surface area contributed by atoms with Crippen molar-refractivity contribution in [2.75, 3.05) is 43.1 Å². The Hall–Kier alpha value is -4.51. The van der Waals surface area contributed by atoms with E-state index >= 15 is 0 Å². The molecule has 1 atom stereocenters. The van der Waals surface area contributed by atoms with Gasteiger partial charge in [-0.25, -0.2) is 13.2 Å². The molecule has 0 spiro atoms. The summed E-state index contributed by atoms with van der Waals surface area (Å²) in [5.74, 6) is -1.88. The van der Waals surface area contributed by atoms with E-state index in [0.717, 1.165) is 16.1 Å². The molecule has 11 heteroatoms. The Morgan fingerprint density at radius 2 is 1.65 bits per heavy atom. The Morgan fingerprint density at radius 1 is 0.975 bits per heavy atom. The minimum atomic E-state index is -3.73. The molecule has 0 saturated heterocycles. The predicted molar refractivity (Wildman–Crippen MR) is 154 cm³/mol. The van der Waals surface area contributed by atoms with E-state index in [1.54, 1.807) is 63.5 Å². The van der Waals surface area contributed by atoms with Gasteiger partial charge in [0.15, 0.2) is 0 Å². The van der Waals surface area contributed by atoms with Crippen molar-refractivity contribution in [2.24, 2.45) is 4.99 Å². The number of fused-ring (bicyclic) bond motifs is 1. The molecule has 1 unspecified atom stereocenters. The van der Waals surface area contributed by atoms with Crippen molar-refractivity contribution in [1.29, 1.82) is 0 Å². The highest BCUT2D eigenvalue weighted by molar-refractivity contribution is 7.92. The van der Waals surface area contributed by atoms with Gasteiger partial charge in [0.2, 0.25) is 21.8 Å². The highest BCUT2D eigenvalue weighted by Crippen LogP contribution is 2.37. The number of amides is 2. The first-order chi connectivity index (χ1) is 19.0. The van der Waals surface area contributed by atoms with Gasteiger partial charge in [-0.2, -0.15) is 0 Å². The second-order valence-electron chi connectivity index (χ2n) is 9.38. The second kappa shape index (κ2) is 11.7. The van der Waals surface area contributed by atoms with Crippen LogP contribution in [-0.4, -0.2) is 70.3 Å². The smallest absolute Gasteiger partial charge is 0.338 e. The number of nitrogens with zero attached hydrogens (tertiary/aromatic N) is 3. The summed E-state index contributed by atoms with van der Waals surface area (Å²) in [6.07, 6.45) is 1.04. The maximum absolute atomic E-state index is 13.2. The van der Waals surface area contributed by atoms with E-state index in [0.29, 0.717) is 33.9 Å². The van der Waals surface area contributed by atoms with Gasteiger partial charge in [0.05, 0.1) is 35.5 Å². The molecule has 0 aliphatic carbocycles. The van der Waals surface area contributed by atoms with Gasteiger partial charge in [-0.05, 0) is 54.4 Å². The van der Waals surface area contributed by atoms with Crippen LogP contribution in [0.1, 0.15) is 34.3 Å². The van der Waals surface area contributed by atoms with Crippen molar-refractivity contribution in [3.8, 4) is 0 Å². The first-order valence-corrected chi connectivity index (χ1v) is 14.4. The monoisotopic (exact) mass is 562 g/mol. The van der Waals surface area contributed by atoms with E-state index in [-0.39, 0.29) is 25.0 Å². The molecule has 0 bridgehead atoms. The Bertz CT molecular complexity index is 1570. The molecule has 10 nitrogen and oxygen atoms in total. The molecule has 4 rings (SSSR count). The lowest BCUT2D eigenvalue weighted by Gasteiger charge is -2.23. The number of sulfonamides is 1. The molecule has 3 aromatic rings. The summed E-state index contributed by atoms with van der Waals surface area (Å²) in [4.78, 5) is 43.8. The van der Waals surface area contributed by atoms with Gasteiger partial charge in [-0.1, -0.05) is 36.4 Å². The molecule has 0 saturated carbocycles. The first kappa shape index (κ1) is 28.5. The van der Waals surface area contributed by atoms with E-state index in [1.807, 2.05) is 30.3 Å². The largest absolute Gasteiger partial charge is 0.462 e. The van der Waals surface area contributed by atoms with E-state index in [2.05, 4.69) is 5.32 Å². The fourth-order valence-electron chi connectivity index (χ4n) is 4.28. The van der Waals surface area contributed by atoms with Gasteiger partial charge in [0.1, 0.15) is 12.5 Å². The molecular weight excluding hydrogens is 532 g/mol. The van der Waals surface area contributed by atoms with Crippen LogP contribution >= 0.6 is 0 Å². The number of benzene rings is 3. The molecular formula is C29H30N4O6S. The fourth-order valence-corrected chi connectivity index (χ4v) is 5.13. The Labute approximate surface area is 233 Å². The molecule has 0 radical (unpaired) electrons. The summed E-state index contributed by atoms with van der Waals surface area (Å²) in [7, 11) is -0.616. The molecule has 0 fully saturated rings. The molecule has 0 aromatic heterocycles. The highest BCUT2D eigenvalue weighted by atomic mass is 32.2. The summed E-state index contributed by atoms with van der Waals surface area (Å²) in [6.45, 7) is 1.62. The molecule has 3 aromatic carbocycles. The number of hydrogen-bond acceptors (Lipinski definition) is 7. The van der Waals surface area contributed by atoms with Crippen molar-refractivity contribution in [2.45, 2.75) is 12.8 Å². The number of carbonyl (C=O) groups excluding carboxylic acids is 3. The lowest BCUT2D eigenvalue weighted by atomic mass is 9.90. The number of nitrogens with one attached hydrogen (secondary N) is 1. The zero-order valence-electron chi connectivity index (χ0n) is 22.6. The van der Waals surface area contributed by atoms with Gasteiger partial charge in [-0.3, -0.25) is 18.9 Å². The average molecular weight is 563 g/mol. The quantitative estimate of drug-likeness (QED) is 0.314. The maximum Gasteiger partial charge on any atom is 0.338 e. The highest BCUT2D eigenvalue weighted by Gasteiger charge is 2.36. The van der Waals surface area contributed by atoms with Crippen LogP contribution in [0.15, 0.2) is 77.8 Å². The number of ether oxygens (including phenoxy) is 1. The van der Waals surface area contributed by atoms with Gasteiger partial charge >= 0.3 is 5.97 Å². The average Bonchev–Trinajstić information content (AvgIpc) is 3.25. The normalized spacial score (nSPS) is 14.8. The van der Waals surface area contributed by atoms with Crippen molar-refractivity contribution in [3.63, 3.8) is 0 Å². The van der Waals surface area contributed by atoms with Gasteiger partial charge in [0, 0.05) is 19.8 Å². The lowest BCUT2D eigenvalue weighted by Crippen LogP contribution is -2.39. The SMILES string of the molecule is CCOC(=O)c1ccc2c(c1)NC(=O)C2C(=Nc1ccc(N(CC(=O)N(C)C)S(C)(=O)=O)cc1)c1ccccc1. The van der Waals surface area contributed by atoms with Gasteiger partial charge < -0.3 is 15.0 Å². The number of aliphatic imine (C=N–C) groups is 1. The Morgan fingerprint density at radius 3 is 2.25 bits per heavy atom. The van der Waals surface area contributed by atoms with Crippen LogP contribution in [0.2, 0.25) is 0 Å². The topological polar surface area (TPSA) is 125 Å². The Kier molecular flexibility index (Phi) is 8.34. The summed E-state index contributed by atoms with van der Waals surface area (Å²) in [6, 6.07) is 20.6. The second-order valence-corrected chi connectivity index (χ2v) is 11.3. The van der Waals surface area contributed by atoms with E-state index < -0.39 is 21.9 Å². The Balaban J connectivity index is 1.74. The fraction of sp³-hybridized carbons (Fsp3) is 0.241. The van der Waals surface area contributed by atoms with Crippen LogP contribution in [0.5, 0.6) is 0 Å². The van der Waals surface area contributed by atoms with Gasteiger partial charge in [-0.15, -0.1) is 0 Å². The third-order valence-corrected chi connectivity index (χ3v) is 7.44. The van der Waals surface area contributed by atoms with Crippen LogP contribution < -0.4 is 9.62 Å².